The summed E-state index contributed by atoms with van der Waals surface area (Å²) in [6.45, 7) is 2.22. The lowest BCUT2D eigenvalue weighted by molar-refractivity contribution is -0.121. The van der Waals surface area contributed by atoms with E-state index in [9.17, 15) is 9.59 Å². The number of amides is 1. The molecular formula is C20H22N6O2. The van der Waals surface area contributed by atoms with Gasteiger partial charge in [0.25, 0.3) is 0 Å². The van der Waals surface area contributed by atoms with Gasteiger partial charge in [0, 0.05) is 31.5 Å². The Kier molecular flexibility index (Phi) is 5.27. The predicted molar refractivity (Wildman–Crippen MR) is 104 cm³/mol. The Balaban J connectivity index is 1.35. The van der Waals surface area contributed by atoms with Crippen molar-refractivity contribution in [1.29, 1.82) is 0 Å². The zero-order valence-corrected chi connectivity index (χ0v) is 15.5. The Labute approximate surface area is 162 Å². The standard InChI is InChI=1S/C20H22N6O2/c27-16(15-6-2-1-3-7-15)8-11-20(28)21-14-19-23-22-17-9-10-18(24-26(17)19)25-12-4-5-13-25/h1-3,6-7,9-10H,4-5,8,11-14H2,(H,21,28). The van der Waals surface area contributed by atoms with Crippen LogP contribution in [0.1, 0.15) is 41.9 Å². The second-order valence-electron chi connectivity index (χ2n) is 6.84. The van der Waals surface area contributed by atoms with Crippen molar-refractivity contribution in [2.75, 3.05) is 18.0 Å². The van der Waals surface area contributed by atoms with Gasteiger partial charge in [-0.05, 0) is 25.0 Å². The molecule has 0 bridgehead atoms. The van der Waals surface area contributed by atoms with Crippen LogP contribution in [-0.2, 0) is 11.3 Å². The molecule has 0 atom stereocenters. The first-order valence-electron chi connectivity index (χ1n) is 9.52. The first-order valence-corrected chi connectivity index (χ1v) is 9.52. The average molecular weight is 378 g/mol. The van der Waals surface area contributed by atoms with Crippen LogP contribution in [0.15, 0.2) is 42.5 Å². The maximum Gasteiger partial charge on any atom is 0.220 e. The number of fused-ring (bicyclic) bond motifs is 1. The van der Waals surface area contributed by atoms with Gasteiger partial charge in [0.2, 0.25) is 5.91 Å². The second-order valence-corrected chi connectivity index (χ2v) is 6.84. The minimum atomic E-state index is -0.197. The monoisotopic (exact) mass is 378 g/mol. The smallest absolute Gasteiger partial charge is 0.220 e. The normalized spacial score (nSPS) is 13.8. The van der Waals surface area contributed by atoms with Crippen LogP contribution < -0.4 is 10.2 Å². The van der Waals surface area contributed by atoms with Crippen LogP contribution in [0.3, 0.4) is 0 Å². The van der Waals surface area contributed by atoms with E-state index in [0.29, 0.717) is 17.0 Å². The zero-order valence-electron chi connectivity index (χ0n) is 15.5. The molecule has 4 rings (SSSR count). The third-order valence-corrected chi connectivity index (χ3v) is 4.86. The Bertz CT molecular complexity index is 979. The third-order valence-electron chi connectivity index (χ3n) is 4.86. The van der Waals surface area contributed by atoms with E-state index in [4.69, 9.17) is 0 Å². The minimum absolute atomic E-state index is 0.0411. The molecule has 0 spiro atoms. The number of hydrogen-bond acceptors (Lipinski definition) is 6. The molecule has 1 aromatic carbocycles. The van der Waals surface area contributed by atoms with E-state index in [-0.39, 0.29) is 31.1 Å². The first-order chi connectivity index (χ1) is 13.7. The average Bonchev–Trinajstić information content (AvgIpc) is 3.40. The van der Waals surface area contributed by atoms with E-state index < -0.39 is 0 Å². The van der Waals surface area contributed by atoms with E-state index in [2.05, 4.69) is 25.5 Å². The fourth-order valence-corrected chi connectivity index (χ4v) is 3.31. The van der Waals surface area contributed by atoms with Crippen molar-refractivity contribution in [3.8, 4) is 0 Å². The predicted octanol–water partition coefficient (Wildman–Crippen LogP) is 2.00. The number of benzene rings is 1. The number of nitrogens with one attached hydrogen (secondary N) is 1. The molecule has 0 radical (unpaired) electrons. The van der Waals surface area contributed by atoms with Gasteiger partial charge in [-0.3, -0.25) is 9.59 Å². The van der Waals surface area contributed by atoms with Crippen molar-refractivity contribution in [2.24, 2.45) is 0 Å². The molecule has 0 aliphatic carbocycles. The van der Waals surface area contributed by atoms with Gasteiger partial charge in [-0.2, -0.15) is 4.52 Å². The molecule has 3 aromatic rings. The van der Waals surface area contributed by atoms with Crippen LogP contribution in [0.25, 0.3) is 5.65 Å². The van der Waals surface area contributed by atoms with Gasteiger partial charge in [-0.15, -0.1) is 15.3 Å². The highest BCUT2D eigenvalue weighted by molar-refractivity contribution is 5.97. The summed E-state index contributed by atoms with van der Waals surface area (Å²) >= 11 is 0. The van der Waals surface area contributed by atoms with Crippen molar-refractivity contribution in [1.82, 2.24) is 25.1 Å². The molecule has 1 aliphatic heterocycles. The van der Waals surface area contributed by atoms with E-state index in [1.165, 1.54) is 12.8 Å². The number of anilines is 1. The molecule has 28 heavy (non-hydrogen) atoms. The highest BCUT2D eigenvalue weighted by atomic mass is 16.2. The molecule has 2 aromatic heterocycles. The van der Waals surface area contributed by atoms with Crippen molar-refractivity contribution in [3.05, 3.63) is 53.9 Å². The number of rotatable bonds is 7. The summed E-state index contributed by atoms with van der Waals surface area (Å²) in [5, 5.41) is 15.7. The van der Waals surface area contributed by atoms with Crippen LogP contribution >= 0.6 is 0 Å². The Morgan fingerprint density at radius 3 is 2.54 bits per heavy atom. The molecule has 0 unspecified atom stereocenters. The zero-order chi connectivity index (χ0) is 19.3. The molecule has 1 amide bonds. The lowest BCUT2D eigenvalue weighted by atomic mass is 10.1. The summed E-state index contributed by atoms with van der Waals surface area (Å²) in [6.07, 6.45) is 2.66. The Morgan fingerprint density at radius 2 is 1.75 bits per heavy atom. The molecule has 1 fully saturated rings. The number of aromatic nitrogens is 4. The van der Waals surface area contributed by atoms with E-state index in [1.807, 2.05) is 30.3 Å². The van der Waals surface area contributed by atoms with Gasteiger partial charge in [0.15, 0.2) is 17.3 Å². The minimum Gasteiger partial charge on any atom is -0.355 e. The van der Waals surface area contributed by atoms with Gasteiger partial charge in [0.05, 0.1) is 6.54 Å². The summed E-state index contributed by atoms with van der Waals surface area (Å²) in [4.78, 5) is 26.5. The van der Waals surface area contributed by atoms with Crippen LogP contribution in [0, 0.1) is 0 Å². The molecule has 144 valence electrons. The first kappa shape index (κ1) is 18.1. The van der Waals surface area contributed by atoms with Crippen LogP contribution in [0.2, 0.25) is 0 Å². The molecular weight excluding hydrogens is 356 g/mol. The third kappa shape index (κ3) is 4.00. The van der Waals surface area contributed by atoms with Crippen molar-refractivity contribution in [3.63, 3.8) is 0 Å². The van der Waals surface area contributed by atoms with E-state index >= 15 is 0 Å². The number of carbonyl (C=O) groups is 2. The van der Waals surface area contributed by atoms with E-state index in [1.54, 1.807) is 16.6 Å². The largest absolute Gasteiger partial charge is 0.355 e. The maximum absolute atomic E-state index is 12.1. The Morgan fingerprint density at radius 1 is 0.964 bits per heavy atom. The summed E-state index contributed by atoms with van der Waals surface area (Å²) < 4.78 is 1.67. The number of carbonyl (C=O) groups excluding carboxylic acids is 2. The molecule has 0 saturated carbocycles. The SMILES string of the molecule is O=C(CCC(=O)c1ccccc1)NCc1nnc2ccc(N3CCCC3)nn12. The van der Waals surface area contributed by atoms with Gasteiger partial charge in [-0.25, -0.2) is 0 Å². The van der Waals surface area contributed by atoms with Crippen molar-refractivity contribution in [2.45, 2.75) is 32.2 Å². The molecule has 3 heterocycles. The summed E-state index contributed by atoms with van der Waals surface area (Å²) in [5.41, 5.74) is 1.27. The highest BCUT2D eigenvalue weighted by Crippen LogP contribution is 2.18. The van der Waals surface area contributed by atoms with E-state index in [0.717, 1.165) is 18.9 Å². The van der Waals surface area contributed by atoms with Gasteiger partial charge >= 0.3 is 0 Å². The molecule has 8 nitrogen and oxygen atoms in total. The molecule has 1 N–H and O–H groups in total. The van der Waals surface area contributed by atoms with Crippen LogP contribution in [-0.4, -0.2) is 44.6 Å². The molecule has 8 heteroatoms. The van der Waals surface area contributed by atoms with Gasteiger partial charge in [-0.1, -0.05) is 30.3 Å². The molecule has 1 aliphatic rings. The molecule has 1 saturated heterocycles. The van der Waals surface area contributed by atoms with Crippen molar-refractivity contribution >= 4 is 23.2 Å². The number of nitrogens with zero attached hydrogens (tertiary/aromatic N) is 5. The number of hydrogen-bond donors (Lipinski definition) is 1. The summed E-state index contributed by atoms with van der Waals surface area (Å²) in [7, 11) is 0. The van der Waals surface area contributed by atoms with Crippen LogP contribution in [0.5, 0.6) is 0 Å². The topological polar surface area (TPSA) is 92.5 Å². The Hall–Kier alpha value is -3.29. The van der Waals surface area contributed by atoms with Gasteiger partial charge in [0.1, 0.15) is 5.82 Å². The lowest BCUT2D eigenvalue weighted by Crippen LogP contribution is -2.25. The number of Topliss-reactive ketones (excluding diaryl/α,β-unsaturated/α-hetero) is 1. The fourth-order valence-electron chi connectivity index (χ4n) is 3.31. The lowest BCUT2D eigenvalue weighted by Gasteiger charge is -2.15. The quantitative estimate of drug-likeness (QED) is 0.632. The number of ketones is 1. The summed E-state index contributed by atoms with van der Waals surface area (Å²) in [6, 6.07) is 12.8. The summed E-state index contributed by atoms with van der Waals surface area (Å²) in [5.74, 6) is 1.22. The van der Waals surface area contributed by atoms with Crippen molar-refractivity contribution < 1.29 is 9.59 Å². The van der Waals surface area contributed by atoms with Crippen LogP contribution in [0.4, 0.5) is 5.82 Å². The van der Waals surface area contributed by atoms with Gasteiger partial charge < -0.3 is 10.2 Å². The second kappa shape index (κ2) is 8.16. The fraction of sp³-hybridized carbons (Fsp3) is 0.350. The maximum atomic E-state index is 12.1. The highest BCUT2D eigenvalue weighted by Gasteiger charge is 2.16.